The van der Waals surface area contributed by atoms with E-state index in [2.05, 4.69) is 9.71 Å². The van der Waals surface area contributed by atoms with Gasteiger partial charge in [-0.05, 0) is 30.5 Å². The molecule has 0 aliphatic carbocycles. The molecule has 25 heavy (non-hydrogen) atoms. The van der Waals surface area contributed by atoms with Crippen molar-refractivity contribution in [3.8, 4) is 0 Å². The van der Waals surface area contributed by atoms with Gasteiger partial charge in [0.1, 0.15) is 4.88 Å². The maximum atomic E-state index is 12.4. The predicted molar refractivity (Wildman–Crippen MR) is 94.7 cm³/mol. The Morgan fingerprint density at radius 2 is 1.84 bits per heavy atom. The Balaban J connectivity index is 2.28. The molecule has 0 aliphatic rings. The lowest BCUT2D eigenvalue weighted by Crippen LogP contribution is -2.12. The number of anilines is 1. The van der Waals surface area contributed by atoms with Crippen molar-refractivity contribution < 1.29 is 23.1 Å². The number of aryl methyl sites for hydroxylation is 2. The number of aliphatic carboxylic acids is 1. The minimum absolute atomic E-state index is 0.0286. The number of nitrogens with one attached hydrogen (secondary N) is 1. The molecule has 0 saturated heterocycles. The summed E-state index contributed by atoms with van der Waals surface area (Å²) in [4.78, 5) is 26.6. The second-order valence-corrected chi connectivity index (χ2v) is 7.96. The van der Waals surface area contributed by atoms with Crippen LogP contribution in [0.4, 0.5) is 5.13 Å². The molecule has 0 unspecified atom stereocenters. The Hall–Kier alpha value is -2.26. The summed E-state index contributed by atoms with van der Waals surface area (Å²) in [6.07, 6.45) is 2.14. The van der Waals surface area contributed by atoms with E-state index >= 15 is 0 Å². The van der Waals surface area contributed by atoms with Crippen molar-refractivity contribution in [1.82, 2.24) is 4.98 Å². The number of aromatic nitrogens is 1. The lowest BCUT2D eigenvalue weighted by atomic mass is 10.1. The Morgan fingerprint density at radius 3 is 2.36 bits per heavy atom. The predicted octanol–water partition coefficient (Wildman–Crippen LogP) is 2.73. The summed E-state index contributed by atoms with van der Waals surface area (Å²) in [5, 5.41) is 8.81. The van der Waals surface area contributed by atoms with Crippen LogP contribution in [0.3, 0.4) is 0 Å². The summed E-state index contributed by atoms with van der Waals surface area (Å²) in [5.74, 6) is -2.69. The average Bonchev–Trinajstić information content (AvgIpc) is 2.96. The van der Waals surface area contributed by atoms with Crippen molar-refractivity contribution in [2.45, 2.75) is 38.0 Å². The monoisotopic (exact) mass is 382 g/mol. The third-order valence-electron chi connectivity index (χ3n) is 3.43. The van der Waals surface area contributed by atoms with Gasteiger partial charge in [-0.3, -0.25) is 9.52 Å². The minimum Gasteiger partial charge on any atom is -0.475 e. The topological polar surface area (TPSA) is 113 Å². The third-order valence-corrected chi connectivity index (χ3v) is 5.92. The Kier molecular flexibility index (Phi) is 5.91. The molecule has 0 fully saturated rings. The van der Waals surface area contributed by atoms with E-state index in [0.717, 1.165) is 29.7 Å². The second-order valence-electron chi connectivity index (χ2n) is 5.28. The zero-order chi connectivity index (χ0) is 18.6. The number of thiazole rings is 1. The SMILES string of the molecule is CCCc1ccc(S(=O)(=O)Nc2nc(CC)c(C(=O)C(=O)O)s2)cc1. The first-order valence-electron chi connectivity index (χ1n) is 7.67. The number of carboxylic acid groups (broad SMARTS) is 1. The van der Waals surface area contributed by atoms with Crippen molar-refractivity contribution in [1.29, 1.82) is 0 Å². The van der Waals surface area contributed by atoms with Crippen molar-refractivity contribution >= 4 is 38.2 Å². The Morgan fingerprint density at radius 1 is 1.20 bits per heavy atom. The number of hydrogen-bond donors (Lipinski definition) is 2. The van der Waals surface area contributed by atoms with Crippen LogP contribution in [0.25, 0.3) is 0 Å². The lowest BCUT2D eigenvalue weighted by molar-refractivity contribution is -0.131. The van der Waals surface area contributed by atoms with Crippen LogP contribution in [0.15, 0.2) is 29.2 Å². The normalized spacial score (nSPS) is 11.3. The fourth-order valence-electron chi connectivity index (χ4n) is 2.21. The van der Waals surface area contributed by atoms with Gasteiger partial charge in [0.15, 0.2) is 5.13 Å². The fourth-order valence-corrected chi connectivity index (χ4v) is 4.43. The number of hydrogen-bond acceptors (Lipinski definition) is 6. The number of sulfonamides is 1. The Labute approximate surface area is 149 Å². The summed E-state index contributed by atoms with van der Waals surface area (Å²) < 4.78 is 27.2. The molecule has 0 aliphatic heterocycles. The van der Waals surface area contributed by atoms with Crippen LogP contribution < -0.4 is 4.72 Å². The first-order valence-corrected chi connectivity index (χ1v) is 9.97. The van der Waals surface area contributed by atoms with E-state index in [1.165, 1.54) is 12.1 Å². The van der Waals surface area contributed by atoms with Gasteiger partial charge in [0.05, 0.1) is 10.6 Å². The van der Waals surface area contributed by atoms with Gasteiger partial charge in [-0.1, -0.05) is 43.7 Å². The maximum absolute atomic E-state index is 12.4. The van der Waals surface area contributed by atoms with Gasteiger partial charge in [-0.2, -0.15) is 0 Å². The number of carboxylic acids is 1. The number of Topliss-reactive ketones (excluding diaryl/α,β-unsaturated/α-hetero) is 1. The molecule has 0 spiro atoms. The maximum Gasteiger partial charge on any atom is 0.378 e. The molecule has 7 nitrogen and oxygen atoms in total. The number of ketones is 1. The van der Waals surface area contributed by atoms with E-state index in [9.17, 15) is 18.0 Å². The molecular weight excluding hydrogens is 364 g/mol. The molecule has 0 saturated carbocycles. The molecule has 1 heterocycles. The highest BCUT2D eigenvalue weighted by molar-refractivity contribution is 7.93. The molecule has 1 aromatic heterocycles. The van der Waals surface area contributed by atoms with E-state index in [0.29, 0.717) is 6.42 Å². The van der Waals surface area contributed by atoms with Crippen LogP contribution in [-0.2, 0) is 27.7 Å². The van der Waals surface area contributed by atoms with E-state index in [1.807, 2.05) is 6.92 Å². The summed E-state index contributed by atoms with van der Waals surface area (Å²) in [7, 11) is -3.86. The van der Waals surface area contributed by atoms with Crippen LogP contribution >= 0.6 is 11.3 Å². The second kappa shape index (κ2) is 7.75. The highest BCUT2D eigenvalue weighted by Crippen LogP contribution is 2.26. The summed E-state index contributed by atoms with van der Waals surface area (Å²) in [5.41, 5.74) is 1.30. The number of carbonyl (C=O) groups is 2. The lowest BCUT2D eigenvalue weighted by Gasteiger charge is -2.06. The van der Waals surface area contributed by atoms with Crippen molar-refractivity contribution in [3.05, 3.63) is 40.4 Å². The third kappa shape index (κ3) is 4.43. The average molecular weight is 382 g/mol. The van der Waals surface area contributed by atoms with Crippen molar-refractivity contribution in [2.24, 2.45) is 0 Å². The summed E-state index contributed by atoms with van der Waals surface area (Å²) in [6, 6.07) is 6.50. The molecule has 0 atom stereocenters. The van der Waals surface area contributed by atoms with E-state index < -0.39 is 21.8 Å². The zero-order valence-corrected chi connectivity index (χ0v) is 15.4. The fraction of sp³-hybridized carbons (Fsp3) is 0.312. The van der Waals surface area contributed by atoms with E-state index in [1.54, 1.807) is 19.1 Å². The smallest absolute Gasteiger partial charge is 0.378 e. The molecule has 134 valence electrons. The van der Waals surface area contributed by atoms with Gasteiger partial charge in [0.25, 0.3) is 15.8 Å². The Bertz CT molecular complexity index is 886. The van der Waals surface area contributed by atoms with Gasteiger partial charge in [0, 0.05) is 0 Å². The molecular formula is C16H18N2O5S2. The van der Waals surface area contributed by atoms with Crippen molar-refractivity contribution in [3.63, 3.8) is 0 Å². The molecule has 2 rings (SSSR count). The highest BCUT2D eigenvalue weighted by atomic mass is 32.2. The minimum atomic E-state index is -3.86. The quantitative estimate of drug-likeness (QED) is 0.536. The van der Waals surface area contributed by atoms with E-state index in [-0.39, 0.29) is 20.6 Å². The first kappa shape index (κ1) is 19.1. The van der Waals surface area contributed by atoms with Gasteiger partial charge in [-0.15, -0.1) is 0 Å². The molecule has 0 amide bonds. The zero-order valence-electron chi connectivity index (χ0n) is 13.8. The molecule has 0 bridgehead atoms. The van der Waals surface area contributed by atoms with Gasteiger partial charge >= 0.3 is 5.97 Å². The summed E-state index contributed by atoms with van der Waals surface area (Å²) >= 11 is 0.722. The number of rotatable bonds is 8. The summed E-state index contributed by atoms with van der Waals surface area (Å²) in [6.45, 7) is 3.74. The first-order chi connectivity index (χ1) is 11.8. The molecule has 9 heteroatoms. The molecule has 1 aromatic carbocycles. The molecule has 2 N–H and O–H groups in total. The van der Waals surface area contributed by atoms with E-state index in [4.69, 9.17) is 5.11 Å². The van der Waals surface area contributed by atoms with Crippen LogP contribution in [0.5, 0.6) is 0 Å². The number of benzene rings is 1. The largest absolute Gasteiger partial charge is 0.475 e. The highest BCUT2D eigenvalue weighted by Gasteiger charge is 2.24. The van der Waals surface area contributed by atoms with Gasteiger partial charge in [-0.25, -0.2) is 18.2 Å². The molecule has 0 radical (unpaired) electrons. The number of carbonyl (C=O) groups excluding carboxylic acids is 1. The standard InChI is InChI=1S/C16H18N2O5S2/c1-3-5-10-6-8-11(9-7-10)25(22,23)18-16-17-12(4-2)14(24-16)13(19)15(20)21/h6-9H,3-5H2,1-2H3,(H,17,18)(H,20,21). The van der Waals surface area contributed by atoms with Gasteiger partial charge < -0.3 is 5.11 Å². The van der Waals surface area contributed by atoms with Crippen LogP contribution in [0.1, 0.15) is 41.2 Å². The van der Waals surface area contributed by atoms with Crippen LogP contribution in [-0.4, -0.2) is 30.3 Å². The van der Waals surface area contributed by atoms with Crippen LogP contribution in [0, 0.1) is 0 Å². The number of nitrogens with zero attached hydrogens (tertiary/aromatic N) is 1. The van der Waals surface area contributed by atoms with Gasteiger partial charge in [0.2, 0.25) is 0 Å². The molecule has 2 aromatic rings. The van der Waals surface area contributed by atoms with Crippen LogP contribution in [0.2, 0.25) is 0 Å². The van der Waals surface area contributed by atoms with Crippen molar-refractivity contribution in [2.75, 3.05) is 4.72 Å².